The Morgan fingerprint density at radius 3 is 2.14 bits per heavy atom. The zero-order valence-corrected chi connectivity index (χ0v) is 16.3. The summed E-state index contributed by atoms with van der Waals surface area (Å²) in [4.78, 5) is 15.0. The molecule has 0 heterocycles. The number of rotatable bonds is 7. The minimum Gasteiger partial charge on any atom is -0.497 e. The Hall–Kier alpha value is -3.33. The first kappa shape index (κ1) is 19.4. The number of ether oxygens (including phenoxy) is 1. The van der Waals surface area contributed by atoms with Crippen molar-refractivity contribution >= 4 is 12.0 Å². The fourth-order valence-corrected chi connectivity index (χ4v) is 3.08. The van der Waals surface area contributed by atoms with Gasteiger partial charge in [-0.05, 0) is 41.8 Å². The Kier molecular flexibility index (Phi) is 6.64. The number of hydrogen-bond acceptors (Lipinski definition) is 2. The molecule has 3 heteroatoms. The maximum absolute atomic E-state index is 13.1. The lowest BCUT2D eigenvalue weighted by Crippen LogP contribution is -2.31. The summed E-state index contributed by atoms with van der Waals surface area (Å²) >= 11 is 0. The van der Waals surface area contributed by atoms with Crippen LogP contribution < -0.4 is 4.74 Å². The topological polar surface area (TPSA) is 29.5 Å². The molecule has 28 heavy (non-hydrogen) atoms. The van der Waals surface area contributed by atoms with E-state index in [1.54, 1.807) is 13.2 Å². The predicted octanol–water partition coefficient (Wildman–Crippen LogP) is 5.50. The summed E-state index contributed by atoms with van der Waals surface area (Å²) in [6.45, 7) is 2.63. The van der Waals surface area contributed by atoms with E-state index in [2.05, 4.69) is 19.1 Å². The summed E-state index contributed by atoms with van der Waals surface area (Å²) in [5.41, 5.74) is 3.18. The van der Waals surface area contributed by atoms with Crippen molar-refractivity contribution in [3.63, 3.8) is 0 Å². The zero-order valence-electron chi connectivity index (χ0n) is 16.3. The second-order valence-corrected chi connectivity index (χ2v) is 6.64. The van der Waals surface area contributed by atoms with Gasteiger partial charge in [0.1, 0.15) is 5.75 Å². The Balaban J connectivity index is 1.82. The molecule has 3 aromatic rings. The third-order valence-corrected chi connectivity index (χ3v) is 4.76. The average Bonchev–Trinajstić information content (AvgIpc) is 2.77. The Labute approximate surface area is 166 Å². The van der Waals surface area contributed by atoms with E-state index in [-0.39, 0.29) is 11.9 Å². The van der Waals surface area contributed by atoms with Gasteiger partial charge in [-0.2, -0.15) is 0 Å². The van der Waals surface area contributed by atoms with E-state index < -0.39 is 0 Å². The molecule has 3 aromatic carbocycles. The maximum atomic E-state index is 13.1. The molecular weight excluding hydrogens is 346 g/mol. The minimum absolute atomic E-state index is 0.0176. The molecule has 0 fully saturated rings. The zero-order chi connectivity index (χ0) is 19.8. The summed E-state index contributed by atoms with van der Waals surface area (Å²) in [7, 11) is 1.64. The fourth-order valence-electron chi connectivity index (χ4n) is 3.08. The van der Waals surface area contributed by atoms with Gasteiger partial charge in [-0.3, -0.25) is 4.79 Å². The number of carbonyl (C=O) groups is 1. The average molecular weight is 371 g/mol. The molecule has 0 aliphatic heterocycles. The van der Waals surface area contributed by atoms with Crippen molar-refractivity contribution in [3.8, 4) is 5.75 Å². The van der Waals surface area contributed by atoms with Crippen LogP contribution in [0.25, 0.3) is 6.08 Å². The van der Waals surface area contributed by atoms with Crippen LogP contribution >= 0.6 is 0 Å². The van der Waals surface area contributed by atoms with Gasteiger partial charge in [-0.25, -0.2) is 0 Å². The van der Waals surface area contributed by atoms with Gasteiger partial charge in [-0.15, -0.1) is 0 Å². The van der Waals surface area contributed by atoms with Gasteiger partial charge in [0, 0.05) is 12.6 Å². The van der Waals surface area contributed by atoms with Gasteiger partial charge in [-0.1, -0.05) is 72.8 Å². The van der Waals surface area contributed by atoms with E-state index in [1.165, 1.54) is 0 Å². The minimum atomic E-state index is -0.0329. The fraction of sp³-hybridized carbons (Fsp3) is 0.160. The highest BCUT2D eigenvalue weighted by molar-refractivity contribution is 5.92. The SMILES string of the molecule is COc1ccc(/C=C/C(=O)N(Cc2ccccc2)[C@@H](C)c2ccccc2)cc1. The maximum Gasteiger partial charge on any atom is 0.247 e. The van der Waals surface area contributed by atoms with Gasteiger partial charge in [0.15, 0.2) is 0 Å². The standard InChI is InChI=1S/C25H25NO2/c1-20(23-11-7-4-8-12-23)26(19-22-9-5-3-6-10-22)25(27)18-15-21-13-16-24(28-2)17-14-21/h3-18,20H,19H2,1-2H3/b18-15+/t20-/m0/s1. The van der Waals surface area contributed by atoms with Crippen molar-refractivity contribution in [1.29, 1.82) is 0 Å². The lowest BCUT2D eigenvalue weighted by Gasteiger charge is -2.29. The van der Waals surface area contributed by atoms with E-state index in [0.717, 1.165) is 22.4 Å². The summed E-state index contributed by atoms with van der Waals surface area (Å²) in [5.74, 6) is 0.780. The lowest BCUT2D eigenvalue weighted by atomic mass is 10.1. The van der Waals surface area contributed by atoms with Gasteiger partial charge in [0.05, 0.1) is 13.2 Å². The highest BCUT2D eigenvalue weighted by Gasteiger charge is 2.20. The van der Waals surface area contributed by atoms with Crippen molar-refractivity contribution in [3.05, 3.63) is 108 Å². The van der Waals surface area contributed by atoms with Crippen LogP contribution in [0.2, 0.25) is 0 Å². The van der Waals surface area contributed by atoms with Crippen LogP contribution in [0.1, 0.15) is 29.7 Å². The quantitative estimate of drug-likeness (QED) is 0.513. The third-order valence-electron chi connectivity index (χ3n) is 4.76. The van der Waals surface area contributed by atoms with Crippen LogP contribution in [0, 0.1) is 0 Å². The molecule has 3 rings (SSSR count). The van der Waals surface area contributed by atoms with E-state index in [1.807, 2.05) is 83.8 Å². The van der Waals surface area contributed by atoms with Crippen molar-refractivity contribution < 1.29 is 9.53 Å². The highest BCUT2D eigenvalue weighted by Crippen LogP contribution is 2.23. The van der Waals surface area contributed by atoms with Crippen LogP contribution in [0.4, 0.5) is 0 Å². The van der Waals surface area contributed by atoms with Gasteiger partial charge in [0.25, 0.3) is 0 Å². The molecular formula is C25H25NO2. The van der Waals surface area contributed by atoms with Crippen LogP contribution in [-0.2, 0) is 11.3 Å². The van der Waals surface area contributed by atoms with Gasteiger partial charge >= 0.3 is 0 Å². The van der Waals surface area contributed by atoms with Crippen LogP contribution in [0.5, 0.6) is 5.75 Å². The van der Waals surface area contributed by atoms with E-state index in [4.69, 9.17) is 4.74 Å². The van der Waals surface area contributed by atoms with Crippen molar-refractivity contribution in [1.82, 2.24) is 4.90 Å². The smallest absolute Gasteiger partial charge is 0.247 e. The number of hydrogen-bond donors (Lipinski definition) is 0. The second kappa shape index (κ2) is 9.56. The van der Waals surface area contributed by atoms with Crippen molar-refractivity contribution in [2.75, 3.05) is 7.11 Å². The normalized spacial score (nSPS) is 11.9. The van der Waals surface area contributed by atoms with Crippen molar-refractivity contribution in [2.45, 2.75) is 19.5 Å². The first-order chi connectivity index (χ1) is 13.7. The number of methoxy groups -OCH3 is 1. The number of amides is 1. The monoisotopic (exact) mass is 371 g/mol. The molecule has 0 bridgehead atoms. The number of carbonyl (C=O) groups excluding carboxylic acids is 1. The molecule has 0 aliphatic carbocycles. The number of nitrogens with zero attached hydrogens (tertiary/aromatic N) is 1. The summed E-state index contributed by atoms with van der Waals surface area (Å²) in [6, 6.07) is 27.8. The molecule has 0 unspecified atom stereocenters. The molecule has 0 radical (unpaired) electrons. The molecule has 0 saturated heterocycles. The van der Waals surface area contributed by atoms with Gasteiger partial charge in [0.2, 0.25) is 5.91 Å². The Morgan fingerprint density at radius 2 is 1.54 bits per heavy atom. The molecule has 1 amide bonds. The molecule has 3 nitrogen and oxygen atoms in total. The Morgan fingerprint density at radius 1 is 0.929 bits per heavy atom. The van der Waals surface area contributed by atoms with E-state index in [0.29, 0.717) is 6.54 Å². The molecule has 1 atom stereocenters. The molecule has 0 aliphatic rings. The molecule has 0 spiro atoms. The van der Waals surface area contributed by atoms with Crippen LogP contribution in [0.3, 0.4) is 0 Å². The lowest BCUT2D eigenvalue weighted by molar-refractivity contribution is -0.128. The summed E-state index contributed by atoms with van der Waals surface area (Å²) < 4.78 is 5.18. The van der Waals surface area contributed by atoms with Gasteiger partial charge < -0.3 is 9.64 Å². The summed E-state index contributed by atoms with van der Waals surface area (Å²) in [6.07, 6.45) is 3.49. The third kappa shape index (κ3) is 5.10. The second-order valence-electron chi connectivity index (χ2n) is 6.64. The van der Waals surface area contributed by atoms with Crippen molar-refractivity contribution in [2.24, 2.45) is 0 Å². The molecule has 0 N–H and O–H groups in total. The van der Waals surface area contributed by atoms with E-state index in [9.17, 15) is 4.79 Å². The number of benzene rings is 3. The first-order valence-electron chi connectivity index (χ1n) is 9.39. The highest BCUT2D eigenvalue weighted by atomic mass is 16.5. The van der Waals surface area contributed by atoms with E-state index >= 15 is 0 Å². The van der Waals surface area contributed by atoms with Crippen LogP contribution in [0.15, 0.2) is 91.0 Å². The predicted molar refractivity (Wildman–Crippen MR) is 114 cm³/mol. The molecule has 142 valence electrons. The Bertz CT molecular complexity index is 902. The first-order valence-corrected chi connectivity index (χ1v) is 9.39. The molecule has 0 saturated carbocycles. The molecule has 0 aromatic heterocycles. The largest absolute Gasteiger partial charge is 0.497 e. The summed E-state index contributed by atoms with van der Waals surface area (Å²) in [5, 5.41) is 0. The van der Waals surface area contributed by atoms with Crippen LogP contribution in [-0.4, -0.2) is 17.9 Å².